The first kappa shape index (κ1) is 14.6. The molecule has 0 aliphatic carbocycles. The number of nitrogens with one attached hydrogen (secondary N) is 1. The standard InChI is InChI=1S/C13H17N3O3S/c1-16(11-3-5-20-8-11)13(19)15-7-10-6-9(12(17)18)2-4-14-10/h2,4,6,11H,3,5,7-8H2,1H3,(H,15,19)(H,17,18). The lowest BCUT2D eigenvalue weighted by atomic mass is 10.2. The SMILES string of the molecule is CN(C(=O)NCc1cc(C(=O)O)ccn1)C1CCSC1. The van der Waals surface area contributed by atoms with Gasteiger partial charge < -0.3 is 15.3 Å². The number of nitrogens with zero attached hydrogens (tertiary/aromatic N) is 2. The highest BCUT2D eigenvalue weighted by molar-refractivity contribution is 7.99. The minimum atomic E-state index is -1.000. The molecule has 1 fully saturated rings. The molecule has 2 rings (SSSR count). The van der Waals surface area contributed by atoms with E-state index in [0.29, 0.717) is 5.69 Å². The summed E-state index contributed by atoms with van der Waals surface area (Å²) in [6.45, 7) is 0.226. The molecule has 0 saturated carbocycles. The lowest BCUT2D eigenvalue weighted by molar-refractivity contribution is 0.0696. The molecule has 0 radical (unpaired) electrons. The van der Waals surface area contributed by atoms with E-state index in [9.17, 15) is 9.59 Å². The number of carbonyl (C=O) groups excluding carboxylic acids is 1. The number of carbonyl (C=O) groups is 2. The average molecular weight is 295 g/mol. The van der Waals surface area contributed by atoms with E-state index in [1.54, 1.807) is 11.9 Å². The van der Waals surface area contributed by atoms with Gasteiger partial charge in [-0.15, -0.1) is 0 Å². The molecule has 0 aromatic carbocycles. The Bertz CT molecular complexity index is 503. The van der Waals surface area contributed by atoms with Gasteiger partial charge in [0.2, 0.25) is 0 Å². The zero-order valence-corrected chi connectivity index (χ0v) is 12.0. The van der Waals surface area contributed by atoms with Crippen LogP contribution in [0.4, 0.5) is 4.79 Å². The first-order chi connectivity index (χ1) is 9.58. The first-order valence-corrected chi connectivity index (χ1v) is 7.50. The minimum absolute atomic E-state index is 0.153. The van der Waals surface area contributed by atoms with Crippen LogP contribution in [0.5, 0.6) is 0 Å². The van der Waals surface area contributed by atoms with Gasteiger partial charge >= 0.3 is 12.0 Å². The number of aromatic carboxylic acids is 1. The monoisotopic (exact) mass is 295 g/mol. The van der Waals surface area contributed by atoms with Gasteiger partial charge in [-0.2, -0.15) is 11.8 Å². The van der Waals surface area contributed by atoms with Crippen LogP contribution in [0.2, 0.25) is 0 Å². The van der Waals surface area contributed by atoms with E-state index in [1.165, 1.54) is 18.3 Å². The highest BCUT2D eigenvalue weighted by atomic mass is 32.2. The van der Waals surface area contributed by atoms with Crippen LogP contribution in [0.1, 0.15) is 22.5 Å². The maximum Gasteiger partial charge on any atom is 0.335 e. The fourth-order valence-corrected chi connectivity index (χ4v) is 3.26. The average Bonchev–Trinajstić information content (AvgIpc) is 2.98. The Kier molecular flexibility index (Phi) is 4.84. The van der Waals surface area contributed by atoms with Gasteiger partial charge in [0.1, 0.15) is 0 Å². The first-order valence-electron chi connectivity index (χ1n) is 6.34. The largest absolute Gasteiger partial charge is 0.478 e. The Labute approximate surface area is 121 Å². The summed E-state index contributed by atoms with van der Waals surface area (Å²) in [5, 5.41) is 11.7. The number of thioether (sulfide) groups is 1. The molecule has 1 aliphatic rings. The summed E-state index contributed by atoms with van der Waals surface area (Å²) in [6, 6.07) is 3.02. The molecule has 0 bridgehead atoms. The van der Waals surface area contributed by atoms with Crippen molar-refractivity contribution >= 4 is 23.8 Å². The number of rotatable bonds is 4. The molecule has 1 aromatic rings. The number of amides is 2. The van der Waals surface area contributed by atoms with Crippen LogP contribution in [0, 0.1) is 0 Å². The van der Waals surface area contributed by atoms with Crippen LogP contribution in [-0.2, 0) is 6.54 Å². The molecule has 1 unspecified atom stereocenters. The van der Waals surface area contributed by atoms with Crippen molar-refractivity contribution in [2.45, 2.75) is 19.0 Å². The second-order valence-electron chi connectivity index (χ2n) is 4.63. The lowest BCUT2D eigenvalue weighted by Crippen LogP contribution is -2.43. The molecule has 1 saturated heterocycles. The van der Waals surface area contributed by atoms with E-state index in [2.05, 4.69) is 10.3 Å². The third kappa shape index (κ3) is 3.63. The summed E-state index contributed by atoms with van der Waals surface area (Å²) in [5.41, 5.74) is 0.706. The van der Waals surface area contributed by atoms with Gasteiger partial charge in [0.05, 0.1) is 17.8 Å². The second-order valence-corrected chi connectivity index (χ2v) is 5.78. The highest BCUT2D eigenvalue weighted by Crippen LogP contribution is 2.21. The smallest absolute Gasteiger partial charge is 0.335 e. The van der Waals surface area contributed by atoms with E-state index >= 15 is 0 Å². The van der Waals surface area contributed by atoms with Crippen molar-refractivity contribution in [2.75, 3.05) is 18.6 Å². The van der Waals surface area contributed by atoms with Gasteiger partial charge in [-0.1, -0.05) is 0 Å². The topological polar surface area (TPSA) is 82.5 Å². The number of carboxylic acid groups (broad SMARTS) is 1. The van der Waals surface area contributed by atoms with Gasteiger partial charge in [-0.3, -0.25) is 4.98 Å². The Morgan fingerprint density at radius 1 is 1.60 bits per heavy atom. The zero-order valence-electron chi connectivity index (χ0n) is 11.2. The molecule has 20 heavy (non-hydrogen) atoms. The van der Waals surface area contributed by atoms with Crippen LogP contribution in [0.15, 0.2) is 18.3 Å². The lowest BCUT2D eigenvalue weighted by Gasteiger charge is -2.23. The van der Waals surface area contributed by atoms with Crippen molar-refractivity contribution in [3.63, 3.8) is 0 Å². The molecular formula is C13H17N3O3S. The van der Waals surface area contributed by atoms with Crippen molar-refractivity contribution in [3.05, 3.63) is 29.6 Å². The van der Waals surface area contributed by atoms with Gasteiger partial charge in [-0.25, -0.2) is 9.59 Å². The summed E-state index contributed by atoms with van der Waals surface area (Å²) in [7, 11) is 1.78. The quantitative estimate of drug-likeness (QED) is 0.878. The van der Waals surface area contributed by atoms with Gasteiger partial charge in [0, 0.05) is 25.0 Å². The molecule has 6 nitrogen and oxygen atoms in total. The van der Waals surface area contributed by atoms with Crippen LogP contribution >= 0.6 is 11.8 Å². The molecule has 0 spiro atoms. The number of carboxylic acids is 1. The maximum atomic E-state index is 12.0. The number of aromatic nitrogens is 1. The predicted octanol–water partition coefficient (Wildman–Crippen LogP) is 1.43. The Hall–Kier alpha value is -1.76. The number of pyridine rings is 1. The summed E-state index contributed by atoms with van der Waals surface area (Å²) in [6.07, 6.45) is 2.45. The third-order valence-corrected chi connectivity index (χ3v) is 4.40. The van der Waals surface area contributed by atoms with E-state index in [1.807, 2.05) is 11.8 Å². The normalized spacial score (nSPS) is 17.8. The molecule has 2 amide bonds. The predicted molar refractivity (Wildman–Crippen MR) is 76.9 cm³/mol. The number of hydrogen-bond acceptors (Lipinski definition) is 4. The van der Waals surface area contributed by atoms with Gasteiger partial charge in [0.25, 0.3) is 0 Å². The summed E-state index contributed by atoms with van der Waals surface area (Å²) < 4.78 is 0. The maximum absolute atomic E-state index is 12.0. The zero-order chi connectivity index (χ0) is 14.5. The number of hydrogen-bond donors (Lipinski definition) is 2. The van der Waals surface area contributed by atoms with Crippen molar-refractivity contribution < 1.29 is 14.7 Å². The summed E-state index contributed by atoms with van der Waals surface area (Å²) in [4.78, 5) is 28.6. The van der Waals surface area contributed by atoms with Crippen LogP contribution in [0.25, 0.3) is 0 Å². The van der Waals surface area contributed by atoms with E-state index in [0.717, 1.165) is 17.9 Å². The highest BCUT2D eigenvalue weighted by Gasteiger charge is 2.23. The number of urea groups is 1. The Morgan fingerprint density at radius 3 is 3.05 bits per heavy atom. The van der Waals surface area contributed by atoms with Crippen molar-refractivity contribution in [1.82, 2.24) is 15.2 Å². The molecule has 7 heteroatoms. The van der Waals surface area contributed by atoms with Crippen LogP contribution in [0.3, 0.4) is 0 Å². The van der Waals surface area contributed by atoms with Crippen molar-refractivity contribution in [2.24, 2.45) is 0 Å². The van der Waals surface area contributed by atoms with Gasteiger partial charge in [-0.05, 0) is 24.3 Å². The fraction of sp³-hybridized carbons (Fsp3) is 0.462. The van der Waals surface area contributed by atoms with Crippen molar-refractivity contribution in [1.29, 1.82) is 0 Å². The molecular weight excluding hydrogens is 278 g/mol. The van der Waals surface area contributed by atoms with E-state index in [4.69, 9.17) is 5.11 Å². The molecule has 2 heterocycles. The molecule has 1 aromatic heterocycles. The summed E-state index contributed by atoms with van der Waals surface area (Å²) >= 11 is 1.85. The van der Waals surface area contributed by atoms with E-state index < -0.39 is 5.97 Å². The molecule has 2 N–H and O–H groups in total. The van der Waals surface area contributed by atoms with Gasteiger partial charge in [0.15, 0.2) is 0 Å². The molecule has 1 atom stereocenters. The summed E-state index contributed by atoms with van der Waals surface area (Å²) in [5.74, 6) is 1.06. The second kappa shape index (κ2) is 6.60. The van der Waals surface area contributed by atoms with E-state index in [-0.39, 0.29) is 24.2 Å². The molecule has 108 valence electrons. The fourth-order valence-electron chi connectivity index (χ4n) is 1.99. The molecule has 1 aliphatic heterocycles. The minimum Gasteiger partial charge on any atom is -0.478 e. The Balaban J connectivity index is 1.89. The van der Waals surface area contributed by atoms with Crippen molar-refractivity contribution in [3.8, 4) is 0 Å². The van der Waals surface area contributed by atoms with Crippen LogP contribution in [-0.4, -0.2) is 51.6 Å². The van der Waals surface area contributed by atoms with Crippen LogP contribution < -0.4 is 5.32 Å². The third-order valence-electron chi connectivity index (χ3n) is 3.26. The Morgan fingerprint density at radius 2 is 2.40 bits per heavy atom.